The highest BCUT2D eigenvalue weighted by atomic mass is 16.1. The Balaban J connectivity index is 3.53. The first-order valence-electron chi connectivity index (χ1n) is 3.31. The second-order valence-electron chi connectivity index (χ2n) is 2.05. The molecule has 4 heteroatoms. The lowest BCUT2D eigenvalue weighted by atomic mass is 10.5. The SMILES string of the molecule is C=CCNC(=O)CN=C(C)N. The summed E-state index contributed by atoms with van der Waals surface area (Å²) in [5.41, 5.74) is 5.22. The van der Waals surface area contributed by atoms with E-state index in [1.807, 2.05) is 0 Å². The molecule has 0 spiro atoms. The molecule has 0 saturated heterocycles. The molecule has 0 radical (unpaired) electrons. The molecule has 0 bridgehead atoms. The minimum Gasteiger partial charge on any atom is -0.388 e. The topological polar surface area (TPSA) is 67.5 Å². The van der Waals surface area contributed by atoms with E-state index in [9.17, 15) is 4.79 Å². The maximum atomic E-state index is 10.8. The van der Waals surface area contributed by atoms with Crippen LogP contribution in [0.3, 0.4) is 0 Å². The molecule has 0 aliphatic rings. The van der Waals surface area contributed by atoms with Gasteiger partial charge in [-0.1, -0.05) is 6.08 Å². The third-order valence-corrected chi connectivity index (χ3v) is 0.916. The number of hydrogen-bond acceptors (Lipinski definition) is 2. The first-order valence-corrected chi connectivity index (χ1v) is 3.31. The molecule has 0 fully saturated rings. The Labute approximate surface area is 66.2 Å². The van der Waals surface area contributed by atoms with E-state index in [1.165, 1.54) is 0 Å². The minimum absolute atomic E-state index is 0.0934. The van der Waals surface area contributed by atoms with Crippen LogP contribution in [0.25, 0.3) is 0 Å². The van der Waals surface area contributed by atoms with E-state index in [0.717, 1.165) is 0 Å². The highest BCUT2D eigenvalue weighted by molar-refractivity contribution is 5.83. The van der Waals surface area contributed by atoms with Crippen molar-refractivity contribution in [3.63, 3.8) is 0 Å². The number of carbonyl (C=O) groups excluding carboxylic acids is 1. The van der Waals surface area contributed by atoms with Crippen molar-refractivity contribution >= 4 is 11.7 Å². The average molecular weight is 155 g/mol. The second-order valence-corrected chi connectivity index (χ2v) is 2.05. The fraction of sp³-hybridized carbons (Fsp3) is 0.429. The van der Waals surface area contributed by atoms with Gasteiger partial charge in [-0.3, -0.25) is 9.79 Å². The Bertz CT molecular complexity index is 171. The first-order chi connectivity index (χ1) is 5.16. The molecule has 1 amide bonds. The lowest BCUT2D eigenvalue weighted by Gasteiger charge is -1.97. The quantitative estimate of drug-likeness (QED) is 0.331. The summed E-state index contributed by atoms with van der Waals surface area (Å²) in [6.07, 6.45) is 1.61. The maximum Gasteiger partial charge on any atom is 0.241 e. The van der Waals surface area contributed by atoms with Crippen LogP contribution in [0.1, 0.15) is 6.92 Å². The van der Waals surface area contributed by atoms with Gasteiger partial charge >= 0.3 is 0 Å². The Morgan fingerprint density at radius 3 is 2.91 bits per heavy atom. The van der Waals surface area contributed by atoms with Gasteiger partial charge in [0.1, 0.15) is 6.54 Å². The van der Waals surface area contributed by atoms with Crippen molar-refractivity contribution in [2.75, 3.05) is 13.1 Å². The van der Waals surface area contributed by atoms with Crippen LogP contribution in [0, 0.1) is 0 Å². The molecule has 0 aliphatic carbocycles. The molecule has 0 aromatic heterocycles. The third-order valence-electron chi connectivity index (χ3n) is 0.916. The summed E-state index contributed by atoms with van der Waals surface area (Å²) < 4.78 is 0. The minimum atomic E-state index is -0.144. The summed E-state index contributed by atoms with van der Waals surface area (Å²) in [5.74, 6) is 0.272. The Hall–Kier alpha value is -1.32. The van der Waals surface area contributed by atoms with E-state index >= 15 is 0 Å². The smallest absolute Gasteiger partial charge is 0.241 e. The van der Waals surface area contributed by atoms with Crippen LogP contribution in [-0.2, 0) is 4.79 Å². The third kappa shape index (κ3) is 6.57. The van der Waals surface area contributed by atoms with Crippen LogP contribution in [0.4, 0.5) is 0 Å². The predicted molar refractivity (Wildman–Crippen MR) is 45.4 cm³/mol. The van der Waals surface area contributed by atoms with Gasteiger partial charge in [-0.05, 0) is 6.92 Å². The summed E-state index contributed by atoms with van der Waals surface area (Å²) in [4.78, 5) is 14.5. The number of aliphatic imine (C=N–C) groups is 1. The van der Waals surface area contributed by atoms with Crippen molar-refractivity contribution < 1.29 is 4.79 Å². The van der Waals surface area contributed by atoms with Gasteiger partial charge in [0, 0.05) is 6.54 Å². The van der Waals surface area contributed by atoms with Crippen LogP contribution in [-0.4, -0.2) is 24.8 Å². The Kier molecular flexibility index (Phi) is 4.81. The predicted octanol–water partition coefficient (Wildman–Crippen LogP) is -0.334. The molecule has 0 aromatic carbocycles. The number of nitrogens with zero attached hydrogens (tertiary/aromatic N) is 1. The number of hydrogen-bond donors (Lipinski definition) is 2. The molecule has 62 valence electrons. The molecule has 0 saturated carbocycles. The van der Waals surface area contributed by atoms with E-state index in [0.29, 0.717) is 12.4 Å². The zero-order valence-electron chi connectivity index (χ0n) is 6.63. The average Bonchev–Trinajstić information content (AvgIpc) is 1.97. The number of rotatable bonds is 4. The molecule has 0 atom stereocenters. The normalized spacial score (nSPS) is 10.8. The summed E-state index contributed by atoms with van der Waals surface area (Å²) in [7, 11) is 0. The zero-order chi connectivity index (χ0) is 8.69. The van der Waals surface area contributed by atoms with Gasteiger partial charge < -0.3 is 11.1 Å². The molecule has 0 aliphatic heterocycles. The molecule has 0 heterocycles. The monoisotopic (exact) mass is 155 g/mol. The van der Waals surface area contributed by atoms with Crippen molar-refractivity contribution in [1.29, 1.82) is 0 Å². The lowest BCUT2D eigenvalue weighted by molar-refractivity contribution is -0.119. The lowest BCUT2D eigenvalue weighted by Crippen LogP contribution is -2.26. The second kappa shape index (κ2) is 5.46. The standard InChI is InChI=1S/C7H13N3O/c1-3-4-9-7(11)5-10-6(2)8/h3H,1,4-5H2,2H3,(H2,8,10)(H,9,11). The summed E-state index contributed by atoms with van der Waals surface area (Å²) in [6, 6.07) is 0. The van der Waals surface area contributed by atoms with E-state index in [2.05, 4.69) is 16.9 Å². The van der Waals surface area contributed by atoms with E-state index in [-0.39, 0.29) is 12.5 Å². The highest BCUT2D eigenvalue weighted by Crippen LogP contribution is 1.72. The molecule has 4 nitrogen and oxygen atoms in total. The van der Waals surface area contributed by atoms with Crippen molar-refractivity contribution in [3.05, 3.63) is 12.7 Å². The van der Waals surface area contributed by atoms with E-state index < -0.39 is 0 Å². The number of carbonyl (C=O) groups is 1. The molecule has 0 unspecified atom stereocenters. The van der Waals surface area contributed by atoms with Gasteiger partial charge in [-0.15, -0.1) is 6.58 Å². The summed E-state index contributed by atoms with van der Waals surface area (Å²) in [5, 5.41) is 2.57. The zero-order valence-corrected chi connectivity index (χ0v) is 6.63. The molecular formula is C7H13N3O. The van der Waals surface area contributed by atoms with E-state index in [4.69, 9.17) is 5.73 Å². The Morgan fingerprint density at radius 2 is 2.45 bits per heavy atom. The molecule has 0 rings (SSSR count). The molecule has 11 heavy (non-hydrogen) atoms. The van der Waals surface area contributed by atoms with Crippen LogP contribution < -0.4 is 11.1 Å². The van der Waals surface area contributed by atoms with Crippen molar-refractivity contribution in [2.45, 2.75) is 6.92 Å². The van der Waals surface area contributed by atoms with Gasteiger partial charge in [0.2, 0.25) is 5.91 Å². The number of nitrogens with one attached hydrogen (secondary N) is 1. The molecule has 0 aromatic rings. The van der Waals surface area contributed by atoms with Crippen molar-refractivity contribution in [3.8, 4) is 0 Å². The van der Waals surface area contributed by atoms with Gasteiger partial charge in [0.15, 0.2) is 0 Å². The molecular weight excluding hydrogens is 142 g/mol. The van der Waals surface area contributed by atoms with Crippen LogP contribution in [0.2, 0.25) is 0 Å². The molecule has 3 N–H and O–H groups in total. The Morgan fingerprint density at radius 1 is 1.82 bits per heavy atom. The van der Waals surface area contributed by atoms with Gasteiger partial charge in [0.05, 0.1) is 5.84 Å². The fourth-order valence-corrected chi connectivity index (χ4v) is 0.438. The van der Waals surface area contributed by atoms with Gasteiger partial charge in [-0.2, -0.15) is 0 Å². The van der Waals surface area contributed by atoms with Gasteiger partial charge in [0.25, 0.3) is 0 Å². The maximum absolute atomic E-state index is 10.8. The number of amides is 1. The first kappa shape index (κ1) is 9.68. The van der Waals surface area contributed by atoms with Crippen LogP contribution >= 0.6 is 0 Å². The summed E-state index contributed by atoms with van der Waals surface area (Å²) in [6.45, 7) is 5.66. The van der Waals surface area contributed by atoms with Crippen molar-refractivity contribution in [2.24, 2.45) is 10.7 Å². The van der Waals surface area contributed by atoms with Gasteiger partial charge in [-0.25, -0.2) is 0 Å². The highest BCUT2D eigenvalue weighted by Gasteiger charge is 1.94. The fourth-order valence-electron chi connectivity index (χ4n) is 0.438. The van der Waals surface area contributed by atoms with Crippen LogP contribution in [0.15, 0.2) is 17.6 Å². The number of nitrogens with two attached hydrogens (primary N) is 1. The number of amidine groups is 1. The van der Waals surface area contributed by atoms with E-state index in [1.54, 1.807) is 13.0 Å². The largest absolute Gasteiger partial charge is 0.388 e. The van der Waals surface area contributed by atoms with Crippen LogP contribution in [0.5, 0.6) is 0 Å². The van der Waals surface area contributed by atoms with Crippen molar-refractivity contribution in [1.82, 2.24) is 5.32 Å². The summed E-state index contributed by atoms with van der Waals surface area (Å²) >= 11 is 0.